The van der Waals surface area contributed by atoms with Gasteiger partial charge in [-0.1, -0.05) is 6.42 Å². The minimum atomic E-state index is 0.351. The van der Waals surface area contributed by atoms with Gasteiger partial charge < -0.3 is 9.64 Å². The zero-order valence-electron chi connectivity index (χ0n) is 11.1. The summed E-state index contributed by atoms with van der Waals surface area (Å²) in [6.45, 7) is 3.43. The van der Waals surface area contributed by atoms with E-state index in [0.717, 1.165) is 32.2 Å². The summed E-state index contributed by atoms with van der Waals surface area (Å²) in [6.07, 6.45) is 7.69. The number of carbonyl (C=O) groups excluding carboxylic acids is 1. The number of amides is 1. The Hall–Kier alpha value is -0.570. The Bertz CT molecular complexity index is 364. The third-order valence-corrected chi connectivity index (χ3v) is 5.76. The molecule has 1 saturated heterocycles. The predicted molar refractivity (Wildman–Crippen MR) is 68.0 cm³/mol. The topological polar surface area (TPSA) is 29.5 Å². The van der Waals surface area contributed by atoms with Gasteiger partial charge in [0.2, 0.25) is 5.91 Å². The van der Waals surface area contributed by atoms with Crippen molar-refractivity contribution in [3.63, 3.8) is 0 Å². The lowest BCUT2D eigenvalue weighted by molar-refractivity contribution is -0.137. The van der Waals surface area contributed by atoms with Gasteiger partial charge in [0.15, 0.2) is 0 Å². The SMILES string of the molecule is O=C([C@H]1C[C@H]2CC[C@H]1C2)N1CCOCC2(CC2)C1. The summed E-state index contributed by atoms with van der Waals surface area (Å²) >= 11 is 0. The van der Waals surface area contributed by atoms with Crippen molar-refractivity contribution < 1.29 is 9.53 Å². The largest absolute Gasteiger partial charge is 0.379 e. The third-order valence-electron chi connectivity index (χ3n) is 5.76. The molecule has 2 bridgehead atoms. The fourth-order valence-electron chi connectivity index (χ4n) is 4.44. The second-order valence-corrected chi connectivity index (χ2v) is 7.09. The highest BCUT2D eigenvalue weighted by atomic mass is 16.5. The van der Waals surface area contributed by atoms with Crippen molar-refractivity contribution in [1.29, 1.82) is 0 Å². The molecule has 1 heterocycles. The molecule has 1 spiro atoms. The van der Waals surface area contributed by atoms with Crippen molar-refractivity contribution >= 4 is 5.91 Å². The Kier molecular flexibility index (Phi) is 2.48. The first-order valence-electron chi connectivity index (χ1n) is 7.62. The van der Waals surface area contributed by atoms with Gasteiger partial charge in [0, 0.05) is 24.4 Å². The summed E-state index contributed by atoms with van der Waals surface area (Å²) in [5.74, 6) is 2.39. The highest BCUT2D eigenvalue weighted by Crippen LogP contribution is 2.51. The van der Waals surface area contributed by atoms with Gasteiger partial charge >= 0.3 is 0 Å². The standard InChI is InChI=1S/C15H23NO2/c17-14(13-8-11-1-2-12(13)7-11)16-5-6-18-10-15(9-16)3-4-15/h11-13H,1-10H2/t11-,12-,13-/m0/s1. The van der Waals surface area contributed by atoms with Gasteiger partial charge in [-0.3, -0.25) is 4.79 Å². The average Bonchev–Trinajstić information content (AvgIpc) is 2.91. The molecule has 0 radical (unpaired) electrons. The molecule has 4 aliphatic rings. The van der Waals surface area contributed by atoms with Crippen LogP contribution in [0, 0.1) is 23.2 Å². The summed E-state index contributed by atoms with van der Waals surface area (Å²) in [6, 6.07) is 0. The van der Waals surface area contributed by atoms with Crippen LogP contribution in [-0.2, 0) is 9.53 Å². The first kappa shape index (κ1) is 11.3. The second-order valence-electron chi connectivity index (χ2n) is 7.09. The molecule has 0 aromatic heterocycles. The van der Waals surface area contributed by atoms with Crippen LogP contribution < -0.4 is 0 Å². The molecule has 3 atom stereocenters. The zero-order valence-corrected chi connectivity index (χ0v) is 11.1. The van der Waals surface area contributed by atoms with Crippen LogP contribution in [0.1, 0.15) is 38.5 Å². The van der Waals surface area contributed by atoms with Crippen molar-refractivity contribution in [3.8, 4) is 0 Å². The molecule has 3 saturated carbocycles. The molecule has 3 heteroatoms. The lowest BCUT2D eigenvalue weighted by Crippen LogP contribution is -2.41. The molecule has 0 aromatic carbocycles. The van der Waals surface area contributed by atoms with Crippen molar-refractivity contribution in [3.05, 3.63) is 0 Å². The molecule has 3 nitrogen and oxygen atoms in total. The Labute approximate surface area is 109 Å². The number of rotatable bonds is 1. The number of fused-ring (bicyclic) bond motifs is 2. The highest BCUT2D eigenvalue weighted by Gasteiger charge is 2.49. The Morgan fingerprint density at radius 3 is 2.78 bits per heavy atom. The van der Waals surface area contributed by atoms with Gasteiger partial charge in [0.1, 0.15) is 0 Å². The van der Waals surface area contributed by atoms with Crippen molar-refractivity contribution in [1.82, 2.24) is 4.90 Å². The Balaban J connectivity index is 1.47. The van der Waals surface area contributed by atoms with E-state index in [2.05, 4.69) is 4.90 Å². The molecule has 4 fully saturated rings. The van der Waals surface area contributed by atoms with Crippen LogP contribution in [0.4, 0.5) is 0 Å². The van der Waals surface area contributed by atoms with E-state index >= 15 is 0 Å². The number of carbonyl (C=O) groups is 1. The van der Waals surface area contributed by atoms with Gasteiger partial charge in [0.25, 0.3) is 0 Å². The van der Waals surface area contributed by atoms with Gasteiger partial charge in [-0.25, -0.2) is 0 Å². The maximum atomic E-state index is 12.7. The fourth-order valence-corrected chi connectivity index (χ4v) is 4.44. The van der Waals surface area contributed by atoms with Gasteiger partial charge in [-0.05, 0) is 43.9 Å². The van der Waals surface area contributed by atoms with Crippen LogP contribution in [-0.4, -0.2) is 37.1 Å². The van der Waals surface area contributed by atoms with Crippen molar-refractivity contribution in [2.24, 2.45) is 23.2 Å². The number of ether oxygens (including phenoxy) is 1. The molecule has 0 N–H and O–H groups in total. The summed E-state index contributed by atoms with van der Waals surface area (Å²) < 4.78 is 5.68. The average molecular weight is 249 g/mol. The first-order valence-corrected chi connectivity index (χ1v) is 7.62. The molecule has 1 aliphatic heterocycles. The van der Waals surface area contributed by atoms with Gasteiger partial charge in [0.05, 0.1) is 13.2 Å². The van der Waals surface area contributed by atoms with E-state index in [1.54, 1.807) is 0 Å². The molecular weight excluding hydrogens is 226 g/mol. The van der Waals surface area contributed by atoms with E-state index in [0.29, 0.717) is 23.2 Å². The molecule has 0 unspecified atom stereocenters. The van der Waals surface area contributed by atoms with Crippen LogP contribution in [0.3, 0.4) is 0 Å². The monoisotopic (exact) mass is 249 g/mol. The molecular formula is C15H23NO2. The van der Waals surface area contributed by atoms with Crippen molar-refractivity contribution in [2.75, 3.05) is 26.3 Å². The zero-order chi connectivity index (χ0) is 12.2. The van der Waals surface area contributed by atoms with E-state index in [1.165, 1.54) is 38.5 Å². The van der Waals surface area contributed by atoms with E-state index in [1.807, 2.05) is 0 Å². The van der Waals surface area contributed by atoms with Crippen LogP contribution in [0.2, 0.25) is 0 Å². The number of nitrogens with zero attached hydrogens (tertiary/aromatic N) is 1. The molecule has 0 aromatic rings. The lowest BCUT2D eigenvalue weighted by Gasteiger charge is -2.30. The highest BCUT2D eigenvalue weighted by molar-refractivity contribution is 5.79. The number of hydrogen-bond donors (Lipinski definition) is 0. The molecule has 1 amide bonds. The number of hydrogen-bond acceptors (Lipinski definition) is 2. The normalized spacial score (nSPS) is 41.1. The Morgan fingerprint density at radius 2 is 2.11 bits per heavy atom. The predicted octanol–water partition coefficient (Wildman–Crippen LogP) is 2.06. The second kappa shape index (κ2) is 3.96. The van der Waals surface area contributed by atoms with Crippen molar-refractivity contribution in [2.45, 2.75) is 38.5 Å². The molecule has 4 rings (SSSR count). The van der Waals surface area contributed by atoms with Crippen LogP contribution in [0.5, 0.6) is 0 Å². The quantitative estimate of drug-likeness (QED) is 0.712. The maximum absolute atomic E-state index is 12.7. The first-order chi connectivity index (χ1) is 8.76. The summed E-state index contributed by atoms with van der Waals surface area (Å²) in [4.78, 5) is 14.9. The van der Waals surface area contributed by atoms with E-state index < -0.39 is 0 Å². The minimum Gasteiger partial charge on any atom is -0.379 e. The fraction of sp³-hybridized carbons (Fsp3) is 0.933. The molecule has 100 valence electrons. The molecule has 3 aliphatic carbocycles. The lowest BCUT2D eigenvalue weighted by atomic mass is 9.87. The Morgan fingerprint density at radius 1 is 1.22 bits per heavy atom. The maximum Gasteiger partial charge on any atom is 0.226 e. The van der Waals surface area contributed by atoms with E-state index in [9.17, 15) is 4.79 Å². The molecule has 18 heavy (non-hydrogen) atoms. The van der Waals surface area contributed by atoms with Crippen LogP contribution >= 0.6 is 0 Å². The summed E-state index contributed by atoms with van der Waals surface area (Å²) in [5, 5.41) is 0. The summed E-state index contributed by atoms with van der Waals surface area (Å²) in [5.41, 5.74) is 0.351. The van der Waals surface area contributed by atoms with E-state index in [-0.39, 0.29) is 0 Å². The summed E-state index contributed by atoms with van der Waals surface area (Å²) in [7, 11) is 0. The smallest absolute Gasteiger partial charge is 0.226 e. The van der Waals surface area contributed by atoms with Crippen LogP contribution in [0.15, 0.2) is 0 Å². The third kappa shape index (κ3) is 1.78. The van der Waals surface area contributed by atoms with Gasteiger partial charge in [-0.15, -0.1) is 0 Å². The van der Waals surface area contributed by atoms with Gasteiger partial charge in [-0.2, -0.15) is 0 Å². The van der Waals surface area contributed by atoms with E-state index in [4.69, 9.17) is 4.74 Å². The minimum absolute atomic E-state index is 0.351. The van der Waals surface area contributed by atoms with Crippen LogP contribution in [0.25, 0.3) is 0 Å².